The molecule has 120 valence electrons. The minimum Gasteiger partial charge on any atom is -0.481 e. The molecule has 0 aliphatic carbocycles. The quantitative estimate of drug-likeness (QED) is 0.869. The summed E-state index contributed by atoms with van der Waals surface area (Å²) in [5.74, 6) is -0.787. The number of benzene rings is 1. The first-order chi connectivity index (χ1) is 10.3. The molecule has 0 spiro atoms. The number of nitrogens with two attached hydrogens (primary N) is 1. The second kappa shape index (κ2) is 6.48. The third-order valence-electron chi connectivity index (χ3n) is 5.02. The maximum Gasteiger partial charge on any atom is 0.304 e. The number of nitrogens with zero attached hydrogens (tertiary/aromatic N) is 1. The number of amides is 1. The third-order valence-corrected chi connectivity index (χ3v) is 5.02. The first-order valence-corrected chi connectivity index (χ1v) is 7.67. The van der Waals surface area contributed by atoms with E-state index < -0.39 is 11.9 Å². The molecule has 0 radical (unpaired) electrons. The van der Waals surface area contributed by atoms with Crippen molar-refractivity contribution in [1.82, 2.24) is 4.90 Å². The molecule has 0 saturated carbocycles. The second-order valence-electron chi connectivity index (χ2n) is 6.46. The first-order valence-electron chi connectivity index (χ1n) is 7.67. The van der Waals surface area contributed by atoms with E-state index in [9.17, 15) is 9.59 Å². The van der Waals surface area contributed by atoms with Crippen molar-refractivity contribution in [1.29, 1.82) is 0 Å². The molecule has 5 heteroatoms. The van der Waals surface area contributed by atoms with Crippen LogP contribution in [0.4, 0.5) is 0 Å². The van der Waals surface area contributed by atoms with Crippen molar-refractivity contribution in [2.24, 2.45) is 11.7 Å². The molecule has 1 amide bonds. The van der Waals surface area contributed by atoms with Gasteiger partial charge in [-0.25, -0.2) is 0 Å². The molecule has 2 atom stereocenters. The third kappa shape index (κ3) is 3.47. The van der Waals surface area contributed by atoms with Crippen LogP contribution in [0.3, 0.4) is 0 Å². The lowest BCUT2D eigenvalue weighted by molar-refractivity contribution is -0.137. The highest BCUT2D eigenvalue weighted by atomic mass is 16.4. The van der Waals surface area contributed by atoms with E-state index in [0.717, 1.165) is 25.1 Å². The van der Waals surface area contributed by atoms with Gasteiger partial charge < -0.3 is 15.7 Å². The summed E-state index contributed by atoms with van der Waals surface area (Å²) in [4.78, 5) is 24.3. The van der Waals surface area contributed by atoms with Crippen molar-refractivity contribution < 1.29 is 14.7 Å². The molecule has 5 nitrogen and oxygen atoms in total. The Morgan fingerprint density at radius 1 is 1.45 bits per heavy atom. The van der Waals surface area contributed by atoms with Gasteiger partial charge in [-0.3, -0.25) is 9.59 Å². The number of primary amides is 1. The molecule has 22 heavy (non-hydrogen) atoms. The van der Waals surface area contributed by atoms with Gasteiger partial charge in [-0.15, -0.1) is 0 Å². The molecule has 1 fully saturated rings. The number of carboxylic acid groups (broad SMARTS) is 1. The van der Waals surface area contributed by atoms with Gasteiger partial charge in [0.1, 0.15) is 0 Å². The van der Waals surface area contributed by atoms with Crippen LogP contribution in [0.25, 0.3) is 0 Å². The summed E-state index contributed by atoms with van der Waals surface area (Å²) >= 11 is 0. The monoisotopic (exact) mass is 304 g/mol. The standard InChI is InChI=1S/C17H24N2O3/c1-12-11-19(8-6-15(20)21)9-7-17(12,2)14-5-3-4-13(10-14)16(18)22/h3-5,10,12H,6-9,11H2,1-2H3,(H2,18,22)(H,20,21). The second-order valence-corrected chi connectivity index (χ2v) is 6.46. The Morgan fingerprint density at radius 2 is 2.18 bits per heavy atom. The Bertz CT molecular complexity index is 573. The van der Waals surface area contributed by atoms with Crippen LogP contribution in [0.1, 0.15) is 42.6 Å². The summed E-state index contributed by atoms with van der Waals surface area (Å²) < 4.78 is 0. The van der Waals surface area contributed by atoms with Gasteiger partial charge in [0.25, 0.3) is 0 Å². The highest BCUT2D eigenvalue weighted by Gasteiger charge is 2.38. The van der Waals surface area contributed by atoms with Gasteiger partial charge >= 0.3 is 5.97 Å². The minimum atomic E-state index is -0.754. The predicted octanol–water partition coefficient (Wildman–Crippen LogP) is 1.86. The first kappa shape index (κ1) is 16.5. The Hall–Kier alpha value is -1.88. The van der Waals surface area contributed by atoms with E-state index in [1.54, 1.807) is 6.07 Å². The van der Waals surface area contributed by atoms with E-state index in [-0.39, 0.29) is 11.8 Å². The van der Waals surface area contributed by atoms with E-state index in [0.29, 0.717) is 18.0 Å². The average molecular weight is 304 g/mol. The zero-order valence-electron chi connectivity index (χ0n) is 13.2. The number of carbonyl (C=O) groups is 2. The van der Waals surface area contributed by atoms with Gasteiger partial charge in [-0.05, 0) is 42.0 Å². The van der Waals surface area contributed by atoms with Gasteiger partial charge in [0.15, 0.2) is 0 Å². The van der Waals surface area contributed by atoms with Crippen LogP contribution in [0.2, 0.25) is 0 Å². The largest absolute Gasteiger partial charge is 0.481 e. The van der Waals surface area contributed by atoms with Crippen LogP contribution in [0.5, 0.6) is 0 Å². The maximum absolute atomic E-state index is 11.4. The number of hydrogen-bond acceptors (Lipinski definition) is 3. The lowest BCUT2D eigenvalue weighted by atomic mass is 9.68. The normalized spacial score (nSPS) is 25.8. The van der Waals surface area contributed by atoms with E-state index in [2.05, 4.69) is 24.8 Å². The van der Waals surface area contributed by atoms with Gasteiger partial charge in [-0.2, -0.15) is 0 Å². The number of aliphatic carboxylic acids is 1. The van der Waals surface area contributed by atoms with Crippen LogP contribution >= 0.6 is 0 Å². The van der Waals surface area contributed by atoms with Crippen LogP contribution < -0.4 is 5.73 Å². The van der Waals surface area contributed by atoms with Crippen molar-refractivity contribution >= 4 is 11.9 Å². The van der Waals surface area contributed by atoms with Crippen molar-refractivity contribution in [3.05, 3.63) is 35.4 Å². The summed E-state index contributed by atoms with van der Waals surface area (Å²) in [6, 6.07) is 7.56. The van der Waals surface area contributed by atoms with E-state index in [4.69, 9.17) is 10.8 Å². The van der Waals surface area contributed by atoms with E-state index in [1.807, 2.05) is 12.1 Å². The van der Waals surface area contributed by atoms with Crippen LogP contribution in [-0.2, 0) is 10.2 Å². The van der Waals surface area contributed by atoms with Gasteiger partial charge in [0.05, 0.1) is 6.42 Å². The van der Waals surface area contributed by atoms with E-state index >= 15 is 0 Å². The molecule has 1 saturated heterocycles. The number of carbonyl (C=O) groups excluding carboxylic acids is 1. The van der Waals surface area contributed by atoms with Crippen molar-refractivity contribution in [3.8, 4) is 0 Å². The van der Waals surface area contributed by atoms with Crippen molar-refractivity contribution in [2.45, 2.75) is 32.1 Å². The molecular formula is C17H24N2O3. The fourth-order valence-electron chi connectivity index (χ4n) is 3.23. The van der Waals surface area contributed by atoms with Crippen LogP contribution in [-0.4, -0.2) is 41.5 Å². The molecule has 1 heterocycles. The SMILES string of the molecule is CC1CN(CCC(=O)O)CCC1(C)c1cccc(C(N)=O)c1. The summed E-state index contributed by atoms with van der Waals surface area (Å²) in [6.45, 7) is 6.73. The zero-order chi connectivity index (χ0) is 16.3. The number of likely N-dealkylation sites (tertiary alicyclic amines) is 1. The number of carboxylic acids is 1. The molecule has 2 rings (SSSR count). The highest BCUT2D eigenvalue weighted by molar-refractivity contribution is 5.92. The van der Waals surface area contributed by atoms with Gasteiger partial charge in [0.2, 0.25) is 5.91 Å². The minimum absolute atomic E-state index is 0.0226. The van der Waals surface area contributed by atoms with Crippen molar-refractivity contribution in [3.63, 3.8) is 0 Å². The summed E-state index contributed by atoms with van der Waals surface area (Å²) in [5, 5.41) is 8.80. The van der Waals surface area contributed by atoms with E-state index in [1.165, 1.54) is 0 Å². The summed E-state index contributed by atoms with van der Waals surface area (Å²) in [6.07, 6.45) is 1.12. The molecule has 1 aromatic carbocycles. The molecule has 3 N–H and O–H groups in total. The molecule has 2 unspecified atom stereocenters. The highest BCUT2D eigenvalue weighted by Crippen LogP contribution is 2.39. The smallest absolute Gasteiger partial charge is 0.304 e. The maximum atomic E-state index is 11.4. The molecule has 0 bridgehead atoms. The lowest BCUT2D eigenvalue weighted by Gasteiger charge is -2.45. The molecule has 0 aromatic heterocycles. The fraction of sp³-hybridized carbons (Fsp3) is 0.529. The molecule has 1 aliphatic rings. The number of hydrogen-bond donors (Lipinski definition) is 2. The predicted molar refractivity (Wildman–Crippen MR) is 84.8 cm³/mol. The fourth-order valence-corrected chi connectivity index (χ4v) is 3.23. The lowest BCUT2D eigenvalue weighted by Crippen LogP contribution is -2.47. The molecule has 1 aromatic rings. The molecule has 1 aliphatic heterocycles. The average Bonchev–Trinajstić information content (AvgIpc) is 2.48. The van der Waals surface area contributed by atoms with Gasteiger partial charge in [0, 0.05) is 18.7 Å². The Balaban J connectivity index is 2.13. The van der Waals surface area contributed by atoms with Crippen LogP contribution in [0.15, 0.2) is 24.3 Å². The number of rotatable bonds is 5. The van der Waals surface area contributed by atoms with Crippen LogP contribution in [0, 0.1) is 5.92 Å². The summed E-state index contributed by atoms with van der Waals surface area (Å²) in [7, 11) is 0. The molecular weight excluding hydrogens is 280 g/mol. The zero-order valence-corrected chi connectivity index (χ0v) is 13.2. The Labute approximate surface area is 131 Å². The topological polar surface area (TPSA) is 83.6 Å². The Kier molecular flexibility index (Phi) is 4.86. The Morgan fingerprint density at radius 3 is 2.77 bits per heavy atom. The van der Waals surface area contributed by atoms with Crippen molar-refractivity contribution in [2.75, 3.05) is 19.6 Å². The number of piperidine rings is 1. The summed E-state index contributed by atoms with van der Waals surface area (Å²) in [5.41, 5.74) is 7.03. The van der Waals surface area contributed by atoms with Gasteiger partial charge in [-0.1, -0.05) is 26.0 Å².